The van der Waals surface area contributed by atoms with E-state index in [-0.39, 0.29) is 30.7 Å². The van der Waals surface area contributed by atoms with Crippen molar-refractivity contribution in [3.8, 4) is 5.75 Å². The molecule has 6 nitrogen and oxygen atoms in total. The molecule has 0 saturated carbocycles. The molecule has 2 rings (SSSR count). The van der Waals surface area contributed by atoms with Crippen LogP contribution in [0.5, 0.6) is 5.75 Å². The topological polar surface area (TPSA) is 59.1 Å². The quantitative estimate of drug-likeness (QED) is 0.651. The molecular formula is C20H27FN2O4. The second-order valence-corrected chi connectivity index (χ2v) is 7.06. The summed E-state index contributed by atoms with van der Waals surface area (Å²) >= 11 is 0. The molecule has 1 unspecified atom stereocenters. The van der Waals surface area contributed by atoms with Gasteiger partial charge in [0, 0.05) is 20.2 Å². The number of carbonyl (C=O) groups is 2. The van der Waals surface area contributed by atoms with Crippen LogP contribution >= 0.6 is 0 Å². The molecule has 1 heterocycles. The summed E-state index contributed by atoms with van der Waals surface area (Å²) in [6, 6.07) is 4.14. The molecule has 1 aliphatic heterocycles. The lowest BCUT2D eigenvalue weighted by Crippen LogP contribution is -2.44. The molecule has 1 aliphatic rings. The van der Waals surface area contributed by atoms with Crippen LogP contribution in [0.4, 0.5) is 10.1 Å². The fraction of sp³-hybridized carbons (Fsp3) is 0.500. The van der Waals surface area contributed by atoms with Crippen molar-refractivity contribution < 1.29 is 23.5 Å². The maximum atomic E-state index is 14.6. The van der Waals surface area contributed by atoms with Gasteiger partial charge in [-0.1, -0.05) is 19.9 Å². The highest BCUT2D eigenvalue weighted by molar-refractivity contribution is 5.94. The maximum Gasteiger partial charge on any atom is 0.328 e. The van der Waals surface area contributed by atoms with E-state index in [4.69, 9.17) is 9.47 Å². The lowest BCUT2D eigenvalue weighted by Gasteiger charge is -2.27. The fourth-order valence-corrected chi connectivity index (χ4v) is 2.94. The fourth-order valence-electron chi connectivity index (χ4n) is 2.94. The van der Waals surface area contributed by atoms with Gasteiger partial charge in [-0.25, -0.2) is 9.18 Å². The number of hydrogen-bond donors (Lipinski definition) is 0. The Hall–Kier alpha value is -2.57. The van der Waals surface area contributed by atoms with Gasteiger partial charge in [0.05, 0.1) is 18.8 Å². The summed E-state index contributed by atoms with van der Waals surface area (Å²) < 4.78 is 25.3. The van der Waals surface area contributed by atoms with Gasteiger partial charge in [0.2, 0.25) is 0 Å². The minimum atomic E-state index is -0.687. The average Bonchev–Trinajstić information content (AvgIpc) is 2.94. The highest BCUT2D eigenvalue weighted by Gasteiger charge is 2.35. The van der Waals surface area contributed by atoms with Crippen molar-refractivity contribution in [3.05, 3.63) is 35.9 Å². The third-order valence-corrected chi connectivity index (χ3v) is 4.19. The summed E-state index contributed by atoms with van der Waals surface area (Å²) in [5.74, 6) is -0.737. The number of amides is 1. The monoisotopic (exact) mass is 378 g/mol. The molecule has 7 heteroatoms. The van der Waals surface area contributed by atoms with E-state index in [1.54, 1.807) is 38.1 Å². The van der Waals surface area contributed by atoms with Gasteiger partial charge in [0.1, 0.15) is 11.8 Å². The Kier molecular flexibility index (Phi) is 6.82. The zero-order valence-corrected chi connectivity index (χ0v) is 16.5. The zero-order valence-electron chi connectivity index (χ0n) is 16.5. The Balaban J connectivity index is 2.17. The molecule has 1 aromatic rings. The third kappa shape index (κ3) is 4.99. The van der Waals surface area contributed by atoms with Gasteiger partial charge < -0.3 is 19.3 Å². The number of rotatable bonds is 8. The summed E-state index contributed by atoms with van der Waals surface area (Å²) in [6.45, 7) is 6.01. The van der Waals surface area contributed by atoms with E-state index >= 15 is 0 Å². The van der Waals surface area contributed by atoms with E-state index in [0.717, 1.165) is 0 Å². The van der Waals surface area contributed by atoms with Crippen LogP contribution in [-0.4, -0.2) is 50.1 Å². The summed E-state index contributed by atoms with van der Waals surface area (Å²) in [5.41, 5.74) is 0.387. The van der Waals surface area contributed by atoms with Gasteiger partial charge in [-0.15, -0.1) is 0 Å². The Morgan fingerprint density at radius 3 is 2.63 bits per heavy atom. The molecule has 0 bridgehead atoms. The second kappa shape index (κ2) is 8.88. The lowest BCUT2D eigenvalue weighted by atomic mass is 10.0. The van der Waals surface area contributed by atoms with Crippen molar-refractivity contribution in [1.29, 1.82) is 0 Å². The summed E-state index contributed by atoms with van der Waals surface area (Å²) in [7, 11) is 3.47. The molecule has 0 fully saturated rings. The van der Waals surface area contributed by atoms with Crippen LogP contribution in [0.25, 0.3) is 0 Å². The lowest BCUT2D eigenvalue weighted by molar-refractivity contribution is -0.153. The molecule has 0 saturated heterocycles. The molecule has 148 valence electrons. The SMILES string of the molecule is CCOC(=O)C(CC(C)C)N1CC(Oc2cccc(N(C)C)c2F)=CC1=O. The molecule has 27 heavy (non-hydrogen) atoms. The normalized spacial score (nSPS) is 15.0. The molecule has 0 aromatic heterocycles. The minimum Gasteiger partial charge on any atom is -0.464 e. The van der Waals surface area contributed by atoms with E-state index in [0.29, 0.717) is 17.9 Å². The first-order chi connectivity index (χ1) is 12.7. The van der Waals surface area contributed by atoms with Crippen molar-refractivity contribution in [1.82, 2.24) is 4.90 Å². The van der Waals surface area contributed by atoms with Crippen molar-refractivity contribution in [2.45, 2.75) is 33.2 Å². The summed E-state index contributed by atoms with van der Waals surface area (Å²) in [6.07, 6.45) is 1.78. The number of benzene rings is 1. The van der Waals surface area contributed by atoms with Crippen molar-refractivity contribution in [2.24, 2.45) is 5.92 Å². The Labute approximate surface area is 159 Å². The third-order valence-electron chi connectivity index (χ3n) is 4.19. The average molecular weight is 378 g/mol. The predicted octanol–water partition coefficient (Wildman–Crippen LogP) is 2.97. The largest absolute Gasteiger partial charge is 0.464 e. The van der Waals surface area contributed by atoms with Crippen molar-refractivity contribution in [2.75, 3.05) is 32.1 Å². The molecule has 0 radical (unpaired) electrons. The summed E-state index contributed by atoms with van der Waals surface area (Å²) in [5, 5.41) is 0. The number of carbonyl (C=O) groups excluding carboxylic acids is 2. The number of esters is 1. The van der Waals surface area contributed by atoms with E-state index in [2.05, 4.69) is 0 Å². The zero-order chi connectivity index (χ0) is 20.1. The first kappa shape index (κ1) is 20.7. The van der Waals surface area contributed by atoms with Crippen LogP contribution in [0.1, 0.15) is 27.2 Å². The van der Waals surface area contributed by atoms with Gasteiger partial charge >= 0.3 is 5.97 Å². The van der Waals surface area contributed by atoms with E-state index in [1.807, 2.05) is 13.8 Å². The Bertz CT molecular complexity index is 731. The van der Waals surface area contributed by atoms with Crippen molar-refractivity contribution in [3.63, 3.8) is 0 Å². The Morgan fingerprint density at radius 1 is 1.33 bits per heavy atom. The van der Waals surface area contributed by atoms with Crippen molar-refractivity contribution >= 4 is 17.6 Å². The molecule has 0 aliphatic carbocycles. The van der Waals surface area contributed by atoms with Crippen LogP contribution in [0.2, 0.25) is 0 Å². The van der Waals surface area contributed by atoms with Crippen LogP contribution in [0.3, 0.4) is 0 Å². The van der Waals surface area contributed by atoms with Crippen LogP contribution < -0.4 is 9.64 Å². The highest BCUT2D eigenvalue weighted by Crippen LogP contribution is 2.29. The predicted molar refractivity (Wildman–Crippen MR) is 101 cm³/mol. The number of halogens is 1. The van der Waals surface area contributed by atoms with Gasteiger partial charge in [0.25, 0.3) is 5.91 Å². The van der Waals surface area contributed by atoms with Crippen LogP contribution in [-0.2, 0) is 14.3 Å². The molecule has 1 atom stereocenters. The molecular weight excluding hydrogens is 351 g/mol. The smallest absolute Gasteiger partial charge is 0.328 e. The van der Waals surface area contributed by atoms with E-state index in [9.17, 15) is 14.0 Å². The van der Waals surface area contributed by atoms with Gasteiger partial charge in [-0.05, 0) is 31.4 Å². The Morgan fingerprint density at radius 2 is 2.04 bits per heavy atom. The number of anilines is 1. The maximum absolute atomic E-state index is 14.6. The second-order valence-electron chi connectivity index (χ2n) is 7.06. The van der Waals surface area contributed by atoms with E-state index in [1.165, 1.54) is 17.0 Å². The number of hydrogen-bond acceptors (Lipinski definition) is 5. The van der Waals surface area contributed by atoms with Gasteiger partial charge in [-0.3, -0.25) is 4.79 Å². The number of nitrogens with zero attached hydrogens (tertiary/aromatic N) is 2. The molecule has 0 spiro atoms. The molecule has 1 aromatic carbocycles. The minimum absolute atomic E-state index is 0.0404. The summed E-state index contributed by atoms with van der Waals surface area (Å²) in [4.78, 5) is 27.8. The first-order valence-corrected chi connectivity index (χ1v) is 9.06. The first-order valence-electron chi connectivity index (χ1n) is 9.06. The molecule has 1 amide bonds. The standard InChI is InChI=1S/C20H27FN2O4/c1-6-26-20(25)16(10-13(2)3)23-12-14(11-18(23)24)27-17-9-7-8-15(19(17)21)22(4)5/h7-9,11,13,16H,6,10,12H2,1-5H3. The van der Waals surface area contributed by atoms with E-state index < -0.39 is 17.8 Å². The molecule has 0 N–H and O–H groups in total. The highest BCUT2D eigenvalue weighted by atomic mass is 19.1. The number of ether oxygens (including phenoxy) is 2. The van der Waals surface area contributed by atoms with Crippen LogP contribution in [0, 0.1) is 11.7 Å². The van der Waals surface area contributed by atoms with Crippen LogP contribution in [0.15, 0.2) is 30.0 Å². The van der Waals surface area contributed by atoms with Gasteiger partial charge in [0.15, 0.2) is 11.6 Å². The van der Waals surface area contributed by atoms with Gasteiger partial charge in [-0.2, -0.15) is 0 Å².